The summed E-state index contributed by atoms with van der Waals surface area (Å²) in [4.78, 5) is 16.7. The van der Waals surface area contributed by atoms with Gasteiger partial charge in [0.25, 0.3) is 5.91 Å². The van der Waals surface area contributed by atoms with Gasteiger partial charge >= 0.3 is 0 Å². The van der Waals surface area contributed by atoms with Crippen LogP contribution < -0.4 is 16.0 Å². The van der Waals surface area contributed by atoms with Gasteiger partial charge in [-0.25, -0.2) is 13.4 Å². The SMILES string of the molecule is CS(=O)(=O)N1CC(Nc2cc(C(=O)NC[C@@H](O)CNC3Cc4ccccc4C3)ccn2)C1. The molecule has 1 saturated heterocycles. The van der Waals surface area contributed by atoms with Crippen LogP contribution in [0.3, 0.4) is 0 Å². The Bertz CT molecular complexity index is 1050. The molecule has 1 aromatic carbocycles. The van der Waals surface area contributed by atoms with E-state index in [4.69, 9.17) is 0 Å². The van der Waals surface area contributed by atoms with Gasteiger partial charge in [-0.2, -0.15) is 4.31 Å². The lowest BCUT2D eigenvalue weighted by atomic mass is 10.1. The quantitative estimate of drug-likeness (QED) is 0.416. The Morgan fingerprint density at radius 2 is 1.84 bits per heavy atom. The number of aromatic nitrogens is 1. The fraction of sp³-hybridized carbons (Fsp3) is 0.455. The van der Waals surface area contributed by atoms with Crippen molar-refractivity contribution >= 4 is 21.7 Å². The number of pyridine rings is 1. The summed E-state index contributed by atoms with van der Waals surface area (Å²) in [5.41, 5.74) is 3.12. The molecule has 1 aliphatic heterocycles. The Kier molecular flexibility index (Phi) is 6.75. The Hall–Kier alpha value is -2.53. The monoisotopic (exact) mass is 459 g/mol. The van der Waals surface area contributed by atoms with E-state index in [-0.39, 0.29) is 18.5 Å². The van der Waals surface area contributed by atoms with Gasteiger partial charge in [-0.15, -0.1) is 0 Å². The van der Waals surface area contributed by atoms with Gasteiger partial charge in [0.15, 0.2) is 0 Å². The largest absolute Gasteiger partial charge is 0.390 e. The molecule has 0 radical (unpaired) electrons. The number of hydrogen-bond acceptors (Lipinski definition) is 7. The van der Waals surface area contributed by atoms with E-state index in [1.165, 1.54) is 27.9 Å². The van der Waals surface area contributed by atoms with Gasteiger partial charge in [-0.1, -0.05) is 24.3 Å². The fourth-order valence-electron chi connectivity index (χ4n) is 4.05. The van der Waals surface area contributed by atoms with E-state index in [2.05, 4.69) is 33.1 Å². The summed E-state index contributed by atoms with van der Waals surface area (Å²) in [6.45, 7) is 1.30. The molecule has 1 amide bonds. The second-order valence-electron chi connectivity index (χ2n) is 8.50. The van der Waals surface area contributed by atoms with Gasteiger partial charge in [0, 0.05) is 44.0 Å². The molecule has 2 heterocycles. The molecule has 0 spiro atoms. The number of nitrogens with zero attached hydrogens (tertiary/aromatic N) is 2. The second-order valence-corrected chi connectivity index (χ2v) is 10.5. The van der Waals surface area contributed by atoms with E-state index in [1.807, 2.05) is 12.1 Å². The highest BCUT2D eigenvalue weighted by Gasteiger charge is 2.33. The van der Waals surface area contributed by atoms with E-state index in [1.54, 1.807) is 12.1 Å². The normalized spacial score (nSPS) is 18.1. The predicted octanol–water partition coefficient (Wildman–Crippen LogP) is -0.0150. The maximum absolute atomic E-state index is 12.5. The summed E-state index contributed by atoms with van der Waals surface area (Å²) in [5.74, 6) is 0.216. The topological polar surface area (TPSA) is 124 Å². The summed E-state index contributed by atoms with van der Waals surface area (Å²) in [5, 5.41) is 19.5. The molecule has 10 heteroatoms. The molecule has 4 rings (SSSR count). The lowest BCUT2D eigenvalue weighted by Gasteiger charge is -2.37. The van der Waals surface area contributed by atoms with Crippen LogP contribution in [0.1, 0.15) is 21.5 Å². The first-order chi connectivity index (χ1) is 15.3. The van der Waals surface area contributed by atoms with E-state index in [0.717, 1.165) is 12.8 Å². The van der Waals surface area contributed by atoms with Crippen LogP contribution in [0, 0.1) is 0 Å². The maximum atomic E-state index is 12.5. The first-order valence-corrected chi connectivity index (χ1v) is 12.6. The zero-order valence-electron chi connectivity index (χ0n) is 18.0. The van der Waals surface area contributed by atoms with Crippen molar-refractivity contribution in [3.63, 3.8) is 0 Å². The Morgan fingerprint density at radius 3 is 2.50 bits per heavy atom. The summed E-state index contributed by atoms with van der Waals surface area (Å²) in [7, 11) is -3.17. The standard InChI is InChI=1S/C22H29N5O4S/c1-32(30,31)27-13-19(14-27)26-21-10-17(6-7-23-21)22(29)25-12-20(28)11-24-18-8-15-4-2-3-5-16(15)9-18/h2-7,10,18-20,24,28H,8-9,11-14H2,1H3,(H,23,26)(H,25,29)/t20-/m0/s1. The number of fused-ring (bicyclic) bond motifs is 1. The molecule has 9 nitrogen and oxygen atoms in total. The van der Waals surface area contributed by atoms with Crippen LogP contribution in [0.15, 0.2) is 42.6 Å². The molecule has 0 bridgehead atoms. The first-order valence-electron chi connectivity index (χ1n) is 10.7. The van der Waals surface area contributed by atoms with E-state index < -0.39 is 16.1 Å². The molecule has 1 aliphatic carbocycles. The smallest absolute Gasteiger partial charge is 0.251 e. The van der Waals surface area contributed by atoms with Crippen LogP contribution in [-0.2, 0) is 22.9 Å². The molecule has 1 atom stereocenters. The molecular formula is C22H29N5O4S. The number of rotatable bonds is 9. The van der Waals surface area contributed by atoms with Gasteiger partial charge < -0.3 is 21.1 Å². The number of carbonyl (C=O) groups excluding carboxylic acids is 1. The van der Waals surface area contributed by atoms with Crippen LogP contribution in [-0.4, -0.2) is 79.3 Å². The van der Waals surface area contributed by atoms with Crippen molar-refractivity contribution in [1.29, 1.82) is 0 Å². The minimum atomic E-state index is -3.17. The summed E-state index contributed by atoms with van der Waals surface area (Å²) < 4.78 is 24.3. The van der Waals surface area contributed by atoms with Crippen LogP contribution in [0.2, 0.25) is 0 Å². The van der Waals surface area contributed by atoms with Crippen molar-refractivity contribution in [1.82, 2.24) is 19.9 Å². The van der Waals surface area contributed by atoms with Crippen molar-refractivity contribution in [3.05, 3.63) is 59.3 Å². The van der Waals surface area contributed by atoms with E-state index >= 15 is 0 Å². The highest BCUT2D eigenvalue weighted by atomic mass is 32.2. The van der Waals surface area contributed by atoms with Gasteiger partial charge in [-0.05, 0) is 36.1 Å². The van der Waals surface area contributed by atoms with Gasteiger partial charge in [0.2, 0.25) is 10.0 Å². The number of carbonyl (C=O) groups is 1. The third-order valence-electron chi connectivity index (χ3n) is 5.88. The second kappa shape index (κ2) is 9.53. The summed E-state index contributed by atoms with van der Waals surface area (Å²) in [6, 6.07) is 11.9. The summed E-state index contributed by atoms with van der Waals surface area (Å²) in [6.07, 6.45) is 3.91. The van der Waals surface area contributed by atoms with Crippen molar-refractivity contribution in [3.8, 4) is 0 Å². The number of aliphatic hydroxyl groups is 1. The van der Waals surface area contributed by atoms with Gasteiger partial charge in [0.1, 0.15) is 5.82 Å². The fourth-order valence-corrected chi connectivity index (χ4v) is 4.95. The van der Waals surface area contributed by atoms with Crippen LogP contribution >= 0.6 is 0 Å². The third-order valence-corrected chi connectivity index (χ3v) is 7.12. The lowest BCUT2D eigenvalue weighted by molar-refractivity contribution is 0.0914. The lowest BCUT2D eigenvalue weighted by Crippen LogP contribution is -2.56. The average molecular weight is 460 g/mol. The number of sulfonamides is 1. The zero-order valence-corrected chi connectivity index (χ0v) is 18.8. The summed E-state index contributed by atoms with van der Waals surface area (Å²) >= 11 is 0. The Morgan fingerprint density at radius 1 is 1.16 bits per heavy atom. The molecule has 1 fully saturated rings. The minimum absolute atomic E-state index is 0.0369. The highest BCUT2D eigenvalue weighted by Crippen LogP contribution is 2.21. The van der Waals surface area contributed by atoms with Crippen molar-refractivity contribution < 1.29 is 18.3 Å². The van der Waals surface area contributed by atoms with Crippen LogP contribution in [0.5, 0.6) is 0 Å². The molecule has 4 N–H and O–H groups in total. The van der Waals surface area contributed by atoms with E-state index in [0.29, 0.717) is 37.1 Å². The molecular weight excluding hydrogens is 430 g/mol. The van der Waals surface area contributed by atoms with Crippen molar-refractivity contribution in [2.45, 2.75) is 31.0 Å². The highest BCUT2D eigenvalue weighted by molar-refractivity contribution is 7.88. The molecule has 172 valence electrons. The number of nitrogens with one attached hydrogen (secondary N) is 3. The van der Waals surface area contributed by atoms with Gasteiger partial charge in [-0.3, -0.25) is 4.79 Å². The molecule has 1 aromatic heterocycles. The van der Waals surface area contributed by atoms with Crippen molar-refractivity contribution in [2.75, 3.05) is 37.8 Å². The van der Waals surface area contributed by atoms with Crippen LogP contribution in [0.4, 0.5) is 5.82 Å². The van der Waals surface area contributed by atoms with Crippen LogP contribution in [0.25, 0.3) is 0 Å². The number of anilines is 1. The molecule has 0 unspecified atom stereocenters. The first kappa shape index (κ1) is 22.7. The van der Waals surface area contributed by atoms with E-state index in [9.17, 15) is 18.3 Å². The number of amides is 1. The number of benzene rings is 1. The number of aliphatic hydroxyl groups excluding tert-OH is 1. The average Bonchev–Trinajstić information content (AvgIpc) is 3.15. The molecule has 0 saturated carbocycles. The maximum Gasteiger partial charge on any atom is 0.251 e. The minimum Gasteiger partial charge on any atom is -0.390 e. The van der Waals surface area contributed by atoms with Crippen molar-refractivity contribution in [2.24, 2.45) is 0 Å². The Labute approximate surface area is 188 Å². The predicted molar refractivity (Wildman–Crippen MR) is 122 cm³/mol. The molecule has 2 aromatic rings. The third kappa shape index (κ3) is 5.63. The van der Waals surface area contributed by atoms with Gasteiger partial charge in [0.05, 0.1) is 18.4 Å². The molecule has 2 aliphatic rings. The zero-order chi connectivity index (χ0) is 22.7. The number of hydrogen-bond donors (Lipinski definition) is 4. The molecule has 32 heavy (non-hydrogen) atoms. The Balaban J connectivity index is 1.19.